The Bertz CT molecular complexity index is 962. The van der Waals surface area contributed by atoms with E-state index in [2.05, 4.69) is 15.3 Å². The average molecular weight is 327 g/mol. The van der Waals surface area contributed by atoms with Gasteiger partial charge in [0.05, 0.1) is 17.5 Å². The van der Waals surface area contributed by atoms with Gasteiger partial charge in [0, 0.05) is 0 Å². The maximum Gasteiger partial charge on any atom is 0.311 e. The molecule has 0 aliphatic heterocycles. The molecule has 0 bridgehead atoms. The predicted molar refractivity (Wildman–Crippen MR) is 88.0 cm³/mol. The van der Waals surface area contributed by atoms with Gasteiger partial charge in [-0.3, -0.25) is 14.6 Å². The molecule has 1 aliphatic carbocycles. The highest BCUT2D eigenvalue weighted by molar-refractivity contribution is 7.17. The van der Waals surface area contributed by atoms with E-state index < -0.39 is 11.9 Å². The van der Waals surface area contributed by atoms with Crippen molar-refractivity contribution in [2.45, 2.75) is 18.4 Å². The molecule has 2 aromatic heterocycles. The van der Waals surface area contributed by atoms with Crippen molar-refractivity contribution >= 4 is 33.5 Å². The molecule has 2 unspecified atom stereocenters. The first-order valence-electron chi connectivity index (χ1n) is 7.19. The zero-order valence-electron chi connectivity index (χ0n) is 11.9. The lowest BCUT2D eigenvalue weighted by atomic mass is 10.0. The van der Waals surface area contributed by atoms with Crippen LogP contribution in [0.2, 0.25) is 0 Å². The summed E-state index contributed by atoms with van der Waals surface area (Å²) in [4.78, 5) is 30.6. The van der Waals surface area contributed by atoms with E-state index in [1.54, 1.807) is 6.07 Å². The number of carboxylic acid groups (broad SMARTS) is 1. The number of hydrogen-bond donors (Lipinski definition) is 3. The summed E-state index contributed by atoms with van der Waals surface area (Å²) >= 11 is 1.35. The van der Waals surface area contributed by atoms with Crippen molar-refractivity contribution in [1.29, 1.82) is 0 Å². The molecule has 0 radical (unpaired) electrons. The summed E-state index contributed by atoms with van der Waals surface area (Å²) in [6, 6.07) is 9.09. The van der Waals surface area contributed by atoms with Crippen LogP contribution < -0.4 is 10.9 Å². The van der Waals surface area contributed by atoms with E-state index in [1.807, 2.05) is 29.6 Å². The number of nitrogens with zero attached hydrogens (tertiary/aromatic N) is 1. The molecule has 116 valence electrons. The van der Waals surface area contributed by atoms with Gasteiger partial charge in [0.25, 0.3) is 5.56 Å². The van der Waals surface area contributed by atoms with E-state index in [1.165, 1.54) is 11.3 Å². The van der Waals surface area contributed by atoms with E-state index in [0.717, 1.165) is 11.1 Å². The number of nitrogens with one attached hydrogen (secondary N) is 2. The molecule has 0 fully saturated rings. The Morgan fingerprint density at radius 1 is 1.30 bits per heavy atom. The second-order valence-electron chi connectivity index (χ2n) is 5.50. The fourth-order valence-corrected chi connectivity index (χ4v) is 3.84. The minimum Gasteiger partial charge on any atom is -0.481 e. The van der Waals surface area contributed by atoms with E-state index >= 15 is 0 Å². The highest BCUT2D eigenvalue weighted by atomic mass is 32.1. The number of aromatic nitrogens is 2. The van der Waals surface area contributed by atoms with E-state index in [-0.39, 0.29) is 11.6 Å². The van der Waals surface area contributed by atoms with Gasteiger partial charge in [0.1, 0.15) is 4.70 Å². The van der Waals surface area contributed by atoms with Gasteiger partial charge in [-0.15, -0.1) is 11.3 Å². The number of benzene rings is 1. The summed E-state index contributed by atoms with van der Waals surface area (Å²) < 4.78 is 0.589. The van der Waals surface area contributed by atoms with E-state index in [9.17, 15) is 14.7 Å². The quantitative estimate of drug-likeness (QED) is 0.687. The van der Waals surface area contributed by atoms with Crippen LogP contribution in [0.1, 0.15) is 29.5 Å². The minimum absolute atomic E-state index is 0.187. The number of fused-ring (bicyclic) bond motifs is 2. The summed E-state index contributed by atoms with van der Waals surface area (Å²) in [7, 11) is 0. The Labute approximate surface area is 134 Å². The zero-order valence-corrected chi connectivity index (χ0v) is 12.8. The Morgan fingerprint density at radius 2 is 2.09 bits per heavy atom. The van der Waals surface area contributed by atoms with Crippen molar-refractivity contribution in [1.82, 2.24) is 9.97 Å². The number of aliphatic carboxylic acids is 1. The summed E-state index contributed by atoms with van der Waals surface area (Å²) in [5.41, 5.74) is 2.21. The number of H-pyrrole nitrogens is 1. The van der Waals surface area contributed by atoms with Gasteiger partial charge in [-0.05, 0) is 29.0 Å². The smallest absolute Gasteiger partial charge is 0.311 e. The molecule has 0 amide bonds. The first kappa shape index (κ1) is 14.0. The van der Waals surface area contributed by atoms with Crippen molar-refractivity contribution in [3.8, 4) is 0 Å². The standard InChI is InChI=1S/C16H13N3O3S/c20-14-13-11(5-6-23-13)17-16(19-14)18-12-7-10(15(21)22)8-3-1-2-4-9(8)12/h1-6,10,12H,7H2,(H,21,22)(H2,17,18,19,20). The summed E-state index contributed by atoms with van der Waals surface area (Å²) in [6.07, 6.45) is 0.431. The molecular weight excluding hydrogens is 314 g/mol. The molecule has 2 atom stereocenters. The van der Waals surface area contributed by atoms with Gasteiger partial charge < -0.3 is 10.4 Å². The lowest BCUT2D eigenvalue weighted by molar-refractivity contribution is -0.138. The molecular formula is C16H13N3O3S. The fourth-order valence-electron chi connectivity index (χ4n) is 3.11. The van der Waals surface area contributed by atoms with E-state index in [4.69, 9.17) is 0 Å². The van der Waals surface area contributed by atoms with Crippen molar-refractivity contribution in [2.24, 2.45) is 0 Å². The molecule has 2 heterocycles. The van der Waals surface area contributed by atoms with Crippen LogP contribution in [0, 0.1) is 0 Å². The van der Waals surface area contributed by atoms with Crippen molar-refractivity contribution < 1.29 is 9.90 Å². The molecule has 7 heteroatoms. The van der Waals surface area contributed by atoms with Crippen LogP contribution in [-0.4, -0.2) is 21.0 Å². The average Bonchev–Trinajstić information content (AvgIpc) is 3.13. The number of anilines is 1. The Balaban J connectivity index is 1.71. The first-order chi connectivity index (χ1) is 11.1. The van der Waals surface area contributed by atoms with Gasteiger partial charge in [-0.1, -0.05) is 24.3 Å². The Hall–Kier alpha value is -2.67. The third-order valence-corrected chi connectivity index (χ3v) is 5.04. The molecule has 0 saturated carbocycles. The third kappa shape index (κ3) is 2.29. The lowest BCUT2D eigenvalue weighted by Crippen LogP contribution is -2.16. The third-order valence-electron chi connectivity index (χ3n) is 4.14. The van der Waals surface area contributed by atoms with Gasteiger partial charge in [-0.25, -0.2) is 4.98 Å². The molecule has 6 nitrogen and oxygen atoms in total. The van der Waals surface area contributed by atoms with Gasteiger partial charge in [-0.2, -0.15) is 0 Å². The summed E-state index contributed by atoms with van der Waals surface area (Å²) in [5, 5.41) is 14.4. The molecule has 0 spiro atoms. The highest BCUT2D eigenvalue weighted by Gasteiger charge is 2.35. The predicted octanol–water partition coefficient (Wildman–Crippen LogP) is 2.71. The molecule has 0 saturated heterocycles. The maximum absolute atomic E-state index is 12.0. The molecule has 23 heavy (non-hydrogen) atoms. The second-order valence-corrected chi connectivity index (χ2v) is 6.42. The zero-order chi connectivity index (χ0) is 16.0. The van der Waals surface area contributed by atoms with Gasteiger partial charge >= 0.3 is 5.97 Å². The number of aromatic amines is 1. The maximum atomic E-state index is 12.0. The van der Waals surface area contributed by atoms with Crippen molar-refractivity contribution in [3.05, 3.63) is 57.2 Å². The normalized spacial score (nSPS) is 19.7. The number of thiophene rings is 1. The summed E-state index contributed by atoms with van der Waals surface area (Å²) in [5.74, 6) is -1.01. The van der Waals surface area contributed by atoms with Crippen LogP contribution in [0.15, 0.2) is 40.5 Å². The first-order valence-corrected chi connectivity index (χ1v) is 8.07. The number of rotatable bonds is 3. The molecule has 3 aromatic rings. The van der Waals surface area contributed by atoms with E-state index in [0.29, 0.717) is 22.6 Å². The van der Waals surface area contributed by atoms with Crippen molar-refractivity contribution in [3.63, 3.8) is 0 Å². The van der Waals surface area contributed by atoms with Crippen molar-refractivity contribution in [2.75, 3.05) is 5.32 Å². The van der Waals surface area contributed by atoms with Crippen LogP contribution in [0.3, 0.4) is 0 Å². The van der Waals surface area contributed by atoms with Gasteiger partial charge in [0.2, 0.25) is 5.95 Å². The van der Waals surface area contributed by atoms with Crippen LogP contribution in [0.4, 0.5) is 5.95 Å². The van der Waals surface area contributed by atoms with Crippen LogP contribution >= 0.6 is 11.3 Å². The number of hydrogen-bond acceptors (Lipinski definition) is 5. The summed E-state index contributed by atoms with van der Waals surface area (Å²) in [6.45, 7) is 0. The SMILES string of the molecule is O=C(O)C1CC(Nc2nc3ccsc3c(=O)[nH]2)c2ccccc21. The molecule has 1 aromatic carbocycles. The highest BCUT2D eigenvalue weighted by Crippen LogP contribution is 2.41. The number of carbonyl (C=O) groups is 1. The fraction of sp³-hybridized carbons (Fsp3) is 0.188. The largest absolute Gasteiger partial charge is 0.481 e. The van der Waals surface area contributed by atoms with Crippen LogP contribution in [0.5, 0.6) is 0 Å². The Kier molecular flexibility index (Phi) is 3.16. The topological polar surface area (TPSA) is 95.1 Å². The molecule has 4 rings (SSSR count). The monoisotopic (exact) mass is 327 g/mol. The second kappa shape index (κ2) is 5.20. The molecule has 1 aliphatic rings. The van der Waals surface area contributed by atoms with Gasteiger partial charge in [0.15, 0.2) is 0 Å². The number of carboxylic acids is 1. The Morgan fingerprint density at radius 3 is 2.87 bits per heavy atom. The molecule has 3 N–H and O–H groups in total. The lowest BCUT2D eigenvalue weighted by Gasteiger charge is -2.14. The van der Waals surface area contributed by atoms with Crippen LogP contribution in [-0.2, 0) is 4.79 Å². The minimum atomic E-state index is -0.837. The van der Waals surface area contributed by atoms with Crippen LogP contribution in [0.25, 0.3) is 10.2 Å².